The van der Waals surface area contributed by atoms with Gasteiger partial charge in [0.15, 0.2) is 5.78 Å². The number of ether oxygens (including phenoxy) is 1. The highest BCUT2D eigenvalue weighted by Crippen LogP contribution is 2.25. The van der Waals surface area contributed by atoms with Gasteiger partial charge in [-0.1, -0.05) is 11.6 Å². The monoisotopic (exact) mass is 260 g/mol. The van der Waals surface area contributed by atoms with Crippen molar-refractivity contribution in [1.82, 2.24) is 0 Å². The van der Waals surface area contributed by atoms with E-state index in [0.717, 1.165) is 16.9 Å². The fourth-order valence-corrected chi connectivity index (χ4v) is 1.86. The normalized spacial score (nSPS) is 10.2. The van der Waals surface area contributed by atoms with Gasteiger partial charge in [0, 0.05) is 10.6 Å². The number of hydrogen-bond donors (Lipinski definition) is 0. The zero-order valence-corrected chi connectivity index (χ0v) is 11.0. The lowest BCUT2D eigenvalue weighted by atomic mass is 10.1. The molecule has 0 spiro atoms. The van der Waals surface area contributed by atoms with Crippen LogP contribution < -0.4 is 4.74 Å². The highest BCUT2D eigenvalue weighted by Gasteiger charge is 2.05. The predicted octanol–water partition coefficient (Wildman–Crippen LogP) is 4.64. The molecule has 3 heteroatoms. The van der Waals surface area contributed by atoms with Gasteiger partial charge in [0.25, 0.3) is 0 Å². The lowest BCUT2D eigenvalue weighted by Crippen LogP contribution is -1.96. The third-order valence-corrected chi connectivity index (χ3v) is 2.88. The van der Waals surface area contributed by atoms with E-state index >= 15 is 0 Å². The largest absolute Gasteiger partial charge is 0.457 e. The van der Waals surface area contributed by atoms with Gasteiger partial charge in [0.05, 0.1) is 0 Å². The molecule has 0 aliphatic carbocycles. The molecular formula is C15H13ClO2. The topological polar surface area (TPSA) is 26.3 Å². The Morgan fingerprint density at radius 2 is 1.67 bits per heavy atom. The van der Waals surface area contributed by atoms with Crippen molar-refractivity contribution in [1.29, 1.82) is 0 Å². The maximum Gasteiger partial charge on any atom is 0.160 e. The maximum absolute atomic E-state index is 11.3. The molecule has 0 aliphatic heterocycles. The summed E-state index contributed by atoms with van der Waals surface area (Å²) in [5.74, 6) is 1.49. The van der Waals surface area contributed by atoms with E-state index in [1.807, 2.05) is 13.0 Å². The zero-order valence-electron chi connectivity index (χ0n) is 10.2. The zero-order chi connectivity index (χ0) is 13.1. The van der Waals surface area contributed by atoms with Crippen molar-refractivity contribution in [3.05, 3.63) is 58.6 Å². The Hall–Kier alpha value is -1.80. The Morgan fingerprint density at radius 3 is 2.22 bits per heavy atom. The summed E-state index contributed by atoms with van der Waals surface area (Å²) in [6.45, 7) is 3.45. The molecule has 0 heterocycles. The SMILES string of the molecule is CC(=O)c1ccc(Oc2ccc(Cl)cc2)cc1C. The number of aryl methyl sites for hydroxylation is 1. The maximum atomic E-state index is 11.3. The second-order valence-corrected chi connectivity index (χ2v) is 4.53. The Labute approximate surface area is 111 Å². The quantitative estimate of drug-likeness (QED) is 0.752. The van der Waals surface area contributed by atoms with Crippen molar-refractivity contribution in [3.63, 3.8) is 0 Å². The highest BCUT2D eigenvalue weighted by atomic mass is 35.5. The Bertz CT molecular complexity index is 574. The molecule has 0 aromatic heterocycles. The number of ketones is 1. The fourth-order valence-electron chi connectivity index (χ4n) is 1.73. The number of Topliss-reactive ketones (excluding diaryl/α,β-unsaturated/α-hetero) is 1. The van der Waals surface area contributed by atoms with Gasteiger partial charge < -0.3 is 4.74 Å². The van der Waals surface area contributed by atoms with Crippen LogP contribution in [0.1, 0.15) is 22.8 Å². The summed E-state index contributed by atoms with van der Waals surface area (Å²) in [6, 6.07) is 12.6. The Kier molecular flexibility index (Phi) is 3.68. The van der Waals surface area contributed by atoms with Crippen LogP contribution in [0.4, 0.5) is 0 Å². The molecule has 0 fully saturated rings. The first-order valence-electron chi connectivity index (χ1n) is 5.61. The number of carbonyl (C=O) groups excluding carboxylic acids is 1. The summed E-state index contributed by atoms with van der Waals surface area (Å²) in [5, 5.41) is 0.672. The number of benzene rings is 2. The molecule has 2 aromatic carbocycles. The lowest BCUT2D eigenvalue weighted by Gasteiger charge is -2.08. The van der Waals surface area contributed by atoms with E-state index < -0.39 is 0 Å². The summed E-state index contributed by atoms with van der Waals surface area (Å²) >= 11 is 5.80. The molecule has 0 saturated heterocycles. The molecule has 0 bridgehead atoms. The smallest absolute Gasteiger partial charge is 0.160 e. The first-order chi connectivity index (χ1) is 8.56. The molecule has 0 N–H and O–H groups in total. The molecule has 18 heavy (non-hydrogen) atoms. The average Bonchev–Trinajstić information content (AvgIpc) is 2.32. The molecule has 0 atom stereocenters. The van der Waals surface area contributed by atoms with Gasteiger partial charge in [0.2, 0.25) is 0 Å². The first kappa shape index (κ1) is 12.7. The molecule has 2 rings (SSSR count). The molecule has 0 unspecified atom stereocenters. The minimum atomic E-state index is 0.0607. The number of halogens is 1. The first-order valence-corrected chi connectivity index (χ1v) is 5.99. The predicted molar refractivity (Wildman–Crippen MR) is 72.7 cm³/mol. The lowest BCUT2D eigenvalue weighted by molar-refractivity contribution is 0.101. The van der Waals surface area contributed by atoms with E-state index in [1.165, 1.54) is 0 Å². The van der Waals surface area contributed by atoms with E-state index in [2.05, 4.69) is 0 Å². The molecule has 0 aliphatic rings. The summed E-state index contributed by atoms with van der Waals surface area (Å²) in [5.41, 5.74) is 1.63. The third kappa shape index (κ3) is 2.90. The summed E-state index contributed by atoms with van der Waals surface area (Å²) in [7, 11) is 0. The van der Waals surface area contributed by atoms with Gasteiger partial charge in [-0.3, -0.25) is 4.79 Å². The van der Waals surface area contributed by atoms with E-state index in [1.54, 1.807) is 43.3 Å². The van der Waals surface area contributed by atoms with Crippen LogP contribution in [0.5, 0.6) is 11.5 Å². The second-order valence-electron chi connectivity index (χ2n) is 4.09. The van der Waals surface area contributed by atoms with Crippen molar-refractivity contribution < 1.29 is 9.53 Å². The standard InChI is InChI=1S/C15H13ClO2/c1-10-9-14(7-8-15(10)11(2)17)18-13-5-3-12(16)4-6-13/h3-9H,1-2H3. The minimum Gasteiger partial charge on any atom is -0.457 e. The second kappa shape index (κ2) is 5.23. The van der Waals surface area contributed by atoms with Crippen LogP contribution in [0.15, 0.2) is 42.5 Å². The van der Waals surface area contributed by atoms with Crippen LogP contribution >= 0.6 is 11.6 Å². The van der Waals surface area contributed by atoms with Crippen molar-refractivity contribution >= 4 is 17.4 Å². The van der Waals surface area contributed by atoms with Crippen molar-refractivity contribution in [2.75, 3.05) is 0 Å². The van der Waals surface area contributed by atoms with E-state index in [-0.39, 0.29) is 5.78 Å². The van der Waals surface area contributed by atoms with Gasteiger partial charge >= 0.3 is 0 Å². The molecular weight excluding hydrogens is 248 g/mol. The molecule has 92 valence electrons. The van der Waals surface area contributed by atoms with Crippen LogP contribution in [-0.2, 0) is 0 Å². The van der Waals surface area contributed by atoms with Crippen LogP contribution in [-0.4, -0.2) is 5.78 Å². The average molecular weight is 261 g/mol. The molecule has 0 saturated carbocycles. The molecule has 2 nitrogen and oxygen atoms in total. The summed E-state index contributed by atoms with van der Waals surface area (Å²) < 4.78 is 5.68. The van der Waals surface area contributed by atoms with Crippen molar-refractivity contribution in [3.8, 4) is 11.5 Å². The number of rotatable bonds is 3. The van der Waals surface area contributed by atoms with Gasteiger partial charge in [-0.25, -0.2) is 0 Å². The van der Waals surface area contributed by atoms with E-state index in [4.69, 9.17) is 16.3 Å². The van der Waals surface area contributed by atoms with Crippen LogP contribution in [0.25, 0.3) is 0 Å². The number of carbonyl (C=O) groups is 1. The highest BCUT2D eigenvalue weighted by molar-refractivity contribution is 6.30. The van der Waals surface area contributed by atoms with Gasteiger partial charge in [-0.05, 0) is 61.9 Å². The summed E-state index contributed by atoms with van der Waals surface area (Å²) in [4.78, 5) is 11.3. The molecule has 2 aromatic rings. The van der Waals surface area contributed by atoms with Gasteiger partial charge in [-0.15, -0.1) is 0 Å². The van der Waals surface area contributed by atoms with Gasteiger partial charge in [0.1, 0.15) is 11.5 Å². The summed E-state index contributed by atoms with van der Waals surface area (Å²) in [6.07, 6.45) is 0. The van der Waals surface area contributed by atoms with Crippen LogP contribution in [0.3, 0.4) is 0 Å². The number of hydrogen-bond acceptors (Lipinski definition) is 2. The van der Waals surface area contributed by atoms with Crippen LogP contribution in [0.2, 0.25) is 5.02 Å². The molecule has 0 radical (unpaired) electrons. The van der Waals surface area contributed by atoms with E-state index in [9.17, 15) is 4.79 Å². The van der Waals surface area contributed by atoms with Crippen molar-refractivity contribution in [2.24, 2.45) is 0 Å². The third-order valence-electron chi connectivity index (χ3n) is 2.63. The molecule has 0 amide bonds. The fraction of sp³-hybridized carbons (Fsp3) is 0.133. The Balaban J connectivity index is 2.22. The van der Waals surface area contributed by atoms with Crippen molar-refractivity contribution in [2.45, 2.75) is 13.8 Å². The van der Waals surface area contributed by atoms with Gasteiger partial charge in [-0.2, -0.15) is 0 Å². The van der Waals surface area contributed by atoms with Crippen LogP contribution in [0, 0.1) is 6.92 Å². The van der Waals surface area contributed by atoms with E-state index in [0.29, 0.717) is 10.8 Å². The Morgan fingerprint density at radius 1 is 1.06 bits per heavy atom. The minimum absolute atomic E-state index is 0.0607.